The van der Waals surface area contributed by atoms with Crippen molar-refractivity contribution in [1.29, 1.82) is 0 Å². The summed E-state index contributed by atoms with van der Waals surface area (Å²) in [5.41, 5.74) is 13.1. The van der Waals surface area contributed by atoms with Crippen LogP contribution in [0.5, 0.6) is 0 Å². The number of nitrogens with two attached hydrogens (primary N) is 2. The minimum Gasteiger partial charge on any atom is -0.351 e. The van der Waals surface area contributed by atoms with Crippen LogP contribution in [0.1, 0.15) is 27.0 Å². The number of ketones is 1. The van der Waals surface area contributed by atoms with Gasteiger partial charge in [-0.3, -0.25) is 14.7 Å². The van der Waals surface area contributed by atoms with E-state index < -0.39 is 23.6 Å². The van der Waals surface area contributed by atoms with Gasteiger partial charge in [0.15, 0.2) is 5.78 Å². The van der Waals surface area contributed by atoms with Crippen LogP contribution in [-0.4, -0.2) is 16.8 Å². The summed E-state index contributed by atoms with van der Waals surface area (Å²) in [7, 11) is 0. The fraction of sp³-hybridized carbons (Fsp3) is 0.0645. The number of carbonyl (C=O) groups is 2. The minimum absolute atomic E-state index is 0.114. The van der Waals surface area contributed by atoms with Gasteiger partial charge in [-0.25, -0.2) is 4.79 Å². The third-order valence-electron chi connectivity index (χ3n) is 6.55. The monoisotopic (exact) mass is 540 g/mol. The van der Waals surface area contributed by atoms with Crippen LogP contribution in [0.25, 0.3) is 22.0 Å². The molecule has 5 aromatic rings. The Morgan fingerprint density at radius 2 is 1.55 bits per heavy atom. The van der Waals surface area contributed by atoms with Crippen molar-refractivity contribution >= 4 is 34.1 Å². The normalized spacial score (nSPS) is 11.4. The van der Waals surface area contributed by atoms with Crippen LogP contribution < -0.4 is 16.4 Å². The molecule has 200 valence electrons. The van der Waals surface area contributed by atoms with Gasteiger partial charge in [0.1, 0.15) is 0 Å². The lowest BCUT2D eigenvalue weighted by Gasteiger charge is -2.24. The van der Waals surface area contributed by atoms with Crippen LogP contribution in [0.15, 0.2) is 103 Å². The van der Waals surface area contributed by atoms with Crippen LogP contribution in [0.2, 0.25) is 0 Å². The smallest absolute Gasteiger partial charge is 0.351 e. The zero-order chi connectivity index (χ0) is 28.4. The van der Waals surface area contributed by atoms with Crippen molar-refractivity contribution in [2.45, 2.75) is 12.7 Å². The lowest BCUT2D eigenvalue weighted by Crippen LogP contribution is -2.32. The molecule has 40 heavy (non-hydrogen) atoms. The molecule has 0 spiro atoms. The van der Waals surface area contributed by atoms with E-state index in [0.29, 0.717) is 28.1 Å². The number of primary amides is 1. The third kappa shape index (κ3) is 4.90. The molecule has 0 aliphatic carbocycles. The predicted octanol–water partition coefficient (Wildman–Crippen LogP) is 6.83. The van der Waals surface area contributed by atoms with E-state index in [1.165, 1.54) is 23.2 Å². The molecule has 4 N–H and O–H groups in total. The first kappa shape index (κ1) is 26.6. The van der Waals surface area contributed by atoms with Crippen molar-refractivity contribution in [3.63, 3.8) is 0 Å². The molecule has 0 radical (unpaired) electrons. The number of benzene rings is 4. The van der Waals surface area contributed by atoms with E-state index in [4.69, 9.17) is 11.5 Å². The number of aromatic nitrogens is 1. The molecule has 6 nitrogen and oxygen atoms in total. The number of fused-ring (bicyclic) bond motifs is 1. The van der Waals surface area contributed by atoms with E-state index in [1.807, 2.05) is 0 Å². The van der Waals surface area contributed by atoms with Gasteiger partial charge in [-0.2, -0.15) is 13.2 Å². The number of carbonyl (C=O) groups excluding carboxylic acids is 2. The topological polar surface area (TPSA) is 102 Å². The molecule has 0 aliphatic rings. The maximum absolute atomic E-state index is 13.9. The van der Waals surface area contributed by atoms with E-state index >= 15 is 0 Å². The average Bonchev–Trinajstić information content (AvgIpc) is 2.96. The van der Waals surface area contributed by atoms with Crippen LogP contribution in [0, 0.1) is 0 Å². The number of hydrogen-bond donors (Lipinski definition) is 2. The summed E-state index contributed by atoms with van der Waals surface area (Å²) < 4.78 is 41.8. The molecule has 1 heterocycles. The molecule has 5 rings (SSSR count). The second-order valence-electron chi connectivity index (χ2n) is 9.00. The summed E-state index contributed by atoms with van der Waals surface area (Å²) in [4.78, 5) is 31.7. The highest BCUT2D eigenvalue weighted by molar-refractivity contribution is 6.17. The Kier molecular flexibility index (Phi) is 7.06. The SMILES string of the molecule is NCc1ccccc1N(C(N)=O)c1cccc(-c2c(C(=O)c3ccccc3)cnc3c(C(F)(F)F)cccc23)c1. The molecule has 0 fully saturated rings. The lowest BCUT2D eigenvalue weighted by molar-refractivity contribution is -0.136. The van der Waals surface area contributed by atoms with Gasteiger partial charge in [0.05, 0.1) is 22.5 Å². The summed E-state index contributed by atoms with van der Waals surface area (Å²) in [6.45, 7) is 0.143. The second-order valence-corrected chi connectivity index (χ2v) is 9.00. The largest absolute Gasteiger partial charge is 0.418 e. The number of anilines is 2. The fourth-order valence-electron chi connectivity index (χ4n) is 4.77. The summed E-state index contributed by atoms with van der Waals surface area (Å²) in [5.74, 6) is -0.409. The molecule has 9 heteroatoms. The lowest BCUT2D eigenvalue weighted by atomic mass is 9.91. The molecule has 2 amide bonds. The number of nitrogens with zero attached hydrogens (tertiary/aromatic N) is 2. The van der Waals surface area contributed by atoms with Gasteiger partial charge in [0.2, 0.25) is 0 Å². The quantitative estimate of drug-likeness (QED) is 0.231. The molecular weight excluding hydrogens is 517 g/mol. The Morgan fingerprint density at radius 1 is 0.850 bits per heavy atom. The summed E-state index contributed by atoms with van der Waals surface area (Å²) in [6, 6.07) is 24.9. The van der Waals surface area contributed by atoms with E-state index in [0.717, 1.165) is 6.07 Å². The highest BCUT2D eigenvalue weighted by Gasteiger charge is 2.34. The maximum atomic E-state index is 13.9. The van der Waals surface area contributed by atoms with E-state index in [1.54, 1.807) is 78.9 Å². The first-order valence-electron chi connectivity index (χ1n) is 12.3. The second kappa shape index (κ2) is 10.6. The van der Waals surface area contributed by atoms with Crippen LogP contribution in [0.4, 0.5) is 29.3 Å². The number of urea groups is 1. The predicted molar refractivity (Wildman–Crippen MR) is 148 cm³/mol. The molecule has 0 saturated heterocycles. The molecule has 0 aliphatic heterocycles. The van der Waals surface area contributed by atoms with Gasteiger partial charge in [-0.1, -0.05) is 72.8 Å². The van der Waals surface area contributed by atoms with Gasteiger partial charge in [0.25, 0.3) is 0 Å². The number of halogens is 3. The number of hydrogen-bond acceptors (Lipinski definition) is 4. The summed E-state index contributed by atoms with van der Waals surface area (Å²) in [6.07, 6.45) is -3.49. The first-order chi connectivity index (χ1) is 19.2. The van der Waals surface area contributed by atoms with Crippen molar-refractivity contribution in [2.75, 3.05) is 4.90 Å². The number of rotatable bonds is 6. The van der Waals surface area contributed by atoms with E-state index in [9.17, 15) is 22.8 Å². The van der Waals surface area contributed by atoms with Gasteiger partial charge >= 0.3 is 12.2 Å². The molecule has 0 saturated carbocycles. The molecular formula is C31H23F3N4O2. The molecule has 0 atom stereocenters. The third-order valence-corrected chi connectivity index (χ3v) is 6.55. The van der Waals surface area contributed by atoms with Crippen molar-refractivity contribution < 1.29 is 22.8 Å². The average molecular weight is 541 g/mol. The molecule has 4 aromatic carbocycles. The zero-order valence-corrected chi connectivity index (χ0v) is 21.0. The highest BCUT2D eigenvalue weighted by atomic mass is 19.4. The maximum Gasteiger partial charge on any atom is 0.418 e. The Hall–Kier alpha value is -5.02. The minimum atomic E-state index is -4.66. The standard InChI is InChI=1S/C31H23F3N4O2/c32-31(33,34)25-14-7-13-23-27(24(18-37-28(23)25)29(39)19-8-2-1-3-9-19)20-11-6-12-22(16-20)38(30(36)40)26-15-5-4-10-21(26)17-35/h1-16,18H,17,35H2,(H2,36,40). The summed E-state index contributed by atoms with van der Waals surface area (Å²) in [5, 5.41) is 0.140. The van der Waals surface area contributed by atoms with E-state index in [-0.39, 0.29) is 28.6 Å². The number of alkyl halides is 3. The Labute approximate surface area is 227 Å². The number of amides is 2. The Morgan fingerprint density at radius 3 is 2.25 bits per heavy atom. The summed E-state index contributed by atoms with van der Waals surface area (Å²) >= 11 is 0. The molecule has 0 bridgehead atoms. The van der Waals surface area contributed by atoms with E-state index in [2.05, 4.69) is 4.98 Å². The van der Waals surface area contributed by atoms with Crippen molar-refractivity contribution in [2.24, 2.45) is 11.5 Å². The van der Waals surface area contributed by atoms with Gasteiger partial charge in [-0.05, 0) is 35.4 Å². The Bertz CT molecular complexity index is 1740. The zero-order valence-electron chi connectivity index (χ0n) is 21.0. The van der Waals surface area contributed by atoms with Crippen LogP contribution in [0.3, 0.4) is 0 Å². The van der Waals surface area contributed by atoms with Gasteiger partial charge in [0, 0.05) is 34.8 Å². The van der Waals surface area contributed by atoms with Crippen LogP contribution >= 0.6 is 0 Å². The van der Waals surface area contributed by atoms with Crippen molar-refractivity contribution in [1.82, 2.24) is 4.98 Å². The Balaban J connectivity index is 1.78. The molecule has 0 unspecified atom stereocenters. The van der Waals surface area contributed by atoms with Gasteiger partial charge in [-0.15, -0.1) is 0 Å². The number of pyridine rings is 1. The first-order valence-corrected chi connectivity index (χ1v) is 12.3. The van der Waals surface area contributed by atoms with Crippen molar-refractivity contribution in [3.8, 4) is 11.1 Å². The molecule has 1 aromatic heterocycles. The van der Waals surface area contributed by atoms with Crippen molar-refractivity contribution in [3.05, 3.63) is 126 Å². The highest BCUT2D eigenvalue weighted by Crippen LogP contribution is 2.40. The fourth-order valence-corrected chi connectivity index (χ4v) is 4.77. The van der Waals surface area contributed by atoms with Crippen LogP contribution in [-0.2, 0) is 12.7 Å². The number of para-hydroxylation sites is 2. The van der Waals surface area contributed by atoms with Gasteiger partial charge < -0.3 is 11.5 Å².